The quantitative estimate of drug-likeness (QED) is 0.421. The van der Waals surface area contributed by atoms with E-state index in [1.807, 2.05) is 20.8 Å². The van der Waals surface area contributed by atoms with Gasteiger partial charge in [-0.25, -0.2) is 18.7 Å². The third kappa shape index (κ3) is 5.28. The first kappa shape index (κ1) is 20.3. The van der Waals surface area contributed by atoms with Gasteiger partial charge in [0, 0.05) is 17.4 Å². The maximum Gasteiger partial charge on any atom is 0.191 e. The number of ether oxygens (including phenoxy) is 2. The number of hydrogen-bond donors (Lipinski definition) is 1. The Bertz CT molecular complexity index is 825. The van der Waals surface area contributed by atoms with E-state index in [0.717, 1.165) is 6.07 Å². The van der Waals surface area contributed by atoms with Crippen LogP contribution >= 0.6 is 23.4 Å². The van der Waals surface area contributed by atoms with Crippen LogP contribution in [0, 0.1) is 11.6 Å². The van der Waals surface area contributed by atoms with Crippen molar-refractivity contribution in [3.63, 3.8) is 0 Å². The molecule has 0 radical (unpaired) electrons. The zero-order valence-electron chi connectivity index (χ0n) is 15.1. The molecule has 3 rings (SSSR count). The predicted molar refractivity (Wildman–Crippen MR) is 101 cm³/mol. The largest absolute Gasteiger partial charge is 0.365 e. The van der Waals surface area contributed by atoms with Crippen LogP contribution in [0.15, 0.2) is 29.4 Å². The van der Waals surface area contributed by atoms with Gasteiger partial charge in [0.15, 0.2) is 22.6 Å². The maximum absolute atomic E-state index is 13.8. The van der Waals surface area contributed by atoms with Gasteiger partial charge in [-0.05, 0) is 26.8 Å². The molecule has 0 aliphatic carbocycles. The average Bonchev–Trinajstić information content (AvgIpc) is 2.96. The summed E-state index contributed by atoms with van der Waals surface area (Å²) in [7, 11) is 0. The lowest BCUT2D eigenvalue weighted by Gasteiger charge is -2.22. The topological polar surface area (TPSA) is 56.3 Å². The normalized spacial score (nSPS) is 19.9. The van der Waals surface area contributed by atoms with E-state index in [2.05, 4.69) is 15.3 Å². The number of rotatable bonds is 6. The van der Waals surface area contributed by atoms with Crippen molar-refractivity contribution in [3.05, 3.63) is 46.6 Å². The Hall–Kier alpha value is -1.48. The fourth-order valence-electron chi connectivity index (χ4n) is 2.63. The molecule has 0 amide bonds. The van der Waals surface area contributed by atoms with E-state index in [-0.39, 0.29) is 28.6 Å². The maximum atomic E-state index is 13.8. The van der Waals surface area contributed by atoms with Crippen molar-refractivity contribution < 1.29 is 18.3 Å². The number of anilines is 1. The molecular formula is C18H20ClF2N3O2S. The van der Waals surface area contributed by atoms with E-state index in [9.17, 15) is 8.78 Å². The van der Waals surface area contributed by atoms with Crippen molar-refractivity contribution in [1.82, 2.24) is 9.97 Å². The molecule has 2 heterocycles. The minimum Gasteiger partial charge on any atom is -0.365 e. The smallest absolute Gasteiger partial charge is 0.191 e. The summed E-state index contributed by atoms with van der Waals surface area (Å²) in [5.41, 5.74) is 0.241. The Morgan fingerprint density at radius 2 is 2.15 bits per heavy atom. The fourth-order valence-corrected chi connectivity index (χ4v) is 3.69. The summed E-state index contributed by atoms with van der Waals surface area (Å²) in [4.78, 5) is 8.53. The van der Waals surface area contributed by atoms with Crippen molar-refractivity contribution in [3.8, 4) is 0 Å². The molecule has 1 aliphatic heterocycles. The van der Waals surface area contributed by atoms with Gasteiger partial charge in [-0.3, -0.25) is 0 Å². The number of benzene rings is 1. The van der Waals surface area contributed by atoms with Crippen molar-refractivity contribution in [2.75, 3.05) is 11.9 Å². The highest BCUT2D eigenvalue weighted by atomic mass is 35.5. The number of hydrogen-bond acceptors (Lipinski definition) is 6. The van der Waals surface area contributed by atoms with Crippen molar-refractivity contribution in [2.24, 2.45) is 0 Å². The van der Waals surface area contributed by atoms with E-state index in [0.29, 0.717) is 17.6 Å². The molecule has 146 valence electrons. The minimum atomic E-state index is -0.877. The van der Waals surface area contributed by atoms with Crippen LogP contribution in [-0.4, -0.2) is 34.5 Å². The molecule has 27 heavy (non-hydrogen) atoms. The van der Waals surface area contributed by atoms with Gasteiger partial charge in [-0.15, -0.1) is 0 Å². The third-order valence-corrected chi connectivity index (χ3v) is 5.12. The van der Waals surface area contributed by atoms with Crippen LogP contribution in [0.2, 0.25) is 5.15 Å². The molecule has 1 N–H and O–H groups in total. The molecule has 0 saturated carbocycles. The van der Waals surface area contributed by atoms with E-state index in [1.165, 1.54) is 23.9 Å². The molecule has 5 nitrogen and oxygen atoms in total. The zero-order chi connectivity index (χ0) is 19.6. The van der Waals surface area contributed by atoms with Crippen LogP contribution in [-0.2, 0) is 15.2 Å². The Labute approximate surface area is 165 Å². The second-order valence-corrected chi connectivity index (χ2v) is 7.99. The minimum absolute atomic E-state index is 0.0729. The molecule has 1 fully saturated rings. The molecule has 2 aromatic rings. The lowest BCUT2D eigenvalue weighted by Crippen LogP contribution is -2.34. The van der Waals surface area contributed by atoms with Gasteiger partial charge in [0.25, 0.3) is 0 Å². The summed E-state index contributed by atoms with van der Waals surface area (Å²) < 4.78 is 38.5. The van der Waals surface area contributed by atoms with E-state index >= 15 is 0 Å². The van der Waals surface area contributed by atoms with Crippen LogP contribution in [0.3, 0.4) is 0 Å². The SMILES string of the molecule is C[C@H](Nc1cc(Cl)nc(SCc2cccc(F)c2F)n1)[C@H]1COC(C)(C)O1. The number of nitrogens with one attached hydrogen (secondary N) is 1. The predicted octanol–water partition coefficient (Wildman–Crippen LogP) is 4.65. The first-order valence-corrected chi connectivity index (χ1v) is 9.78. The van der Waals surface area contributed by atoms with Crippen molar-refractivity contribution in [2.45, 2.75) is 49.6 Å². The number of nitrogens with zero attached hydrogens (tertiary/aromatic N) is 2. The first-order chi connectivity index (χ1) is 12.7. The van der Waals surface area contributed by atoms with Crippen LogP contribution < -0.4 is 5.32 Å². The van der Waals surface area contributed by atoms with E-state index < -0.39 is 17.4 Å². The monoisotopic (exact) mass is 415 g/mol. The molecular weight excluding hydrogens is 396 g/mol. The van der Waals surface area contributed by atoms with Gasteiger partial charge in [0.2, 0.25) is 0 Å². The molecule has 9 heteroatoms. The van der Waals surface area contributed by atoms with E-state index in [4.69, 9.17) is 21.1 Å². The Kier molecular flexibility index (Phi) is 6.20. The van der Waals surface area contributed by atoms with Crippen LogP contribution in [0.1, 0.15) is 26.3 Å². The number of thioether (sulfide) groups is 1. The fraction of sp³-hybridized carbons (Fsp3) is 0.444. The van der Waals surface area contributed by atoms with Crippen molar-refractivity contribution in [1.29, 1.82) is 0 Å². The second kappa shape index (κ2) is 8.26. The summed E-state index contributed by atoms with van der Waals surface area (Å²) in [5.74, 6) is -1.64. The molecule has 1 aromatic heterocycles. The second-order valence-electron chi connectivity index (χ2n) is 6.66. The van der Waals surface area contributed by atoms with Gasteiger partial charge in [-0.2, -0.15) is 0 Å². The summed E-state index contributed by atoms with van der Waals surface area (Å²) in [6.45, 7) is 6.16. The summed E-state index contributed by atoms with van der Waals surface area (Å²) in [5, 5.41) is 3.85. The molecule has 1 aliphatic rings. The third-order valence-electron chi connectivity index (χ3n) is 4.03. The zero-order valence-corrected chi connectivity index (χ0v) is 16.7. The van der Waals surface area contributed by atoms with Gasteiger partial charge in [0.05, 0.1) is 12.6 Å². The Balaban J connectivity index is 1.66. The summed E-state index contributed by atoms with van der Waals surface area (Å²) in [6, 6.07) is 5.60. The standard InChI is InChI=1S/C18H20ClF2N3O2S/c1-10(13-8-25-18(2,3)26-13)22-15-7-14(19)23-17(24-15)27-9-11-5-4-6-12(20)16(11)21/h4-7,10,13H,8-9H2,1-3H3,(H,22,23,24)/t10-,13+/m0/s1. The average molecular weight is 416 g/mol. The van der Waals surface area contributed by atoms with Crippen molar-refractivity contribution >= 4 is 29.2 Å². The number of halogens is 3. The van der Waals surface area contributed by atoms with Gasteiger partial charge < -0.3 is 14.8 Å². The van der Waals surface area contributed by atoms with Crippen LogP contribution in [0.25, 0.3) is 0 Å². The van der Waals surface area contributed by atoms with E-state index in [1.54, 1.807) is 6.07 Å². The van der Waals surface area contributed by atoms with Crippen LogP contribution in [0.5, 0.6) is 0 Å². The highest BCUT2D eigenvalue weighted by molar-refractivity contribution is 7.98. The van der Waals surface area contributed by atoms with Gasteiger partial charge in [0.1, 0.15) is 17.1 Å². The molecule has 0 spiro atoms. The highest BCUT2D eigenvalue weighted by Gasteiger charge is 2.35. The molecule has 1 saturated heterocycles. The Morgan fingerprint density at radius 3 is 2.85 bits per heavy atom. The van der Waals surface area contributed by atoms with Gasteiger partial charge in [-0.1, -0.05) is 35.5 Å². The summed E-state index contributed by atoms with van der Waals surface area (Å²) >= 11 is 7.26. The van der Waals surface area contributed by atoms with Crippen LogP contribution in [0.4, 0.5) is 14.6 Å². The molecule has 1 aromatic carbocycles. The lowest BCUT2D eigenvalue weighted by molar-refractivity contribution is -0.139. The first-order valence-electron chi connectivity index (χ1n) is 8.42. The number of aromatic nitrogens is 2. The van der Waals surface area contributed by atoms with Gasteiger partial charge >= 0.3 is 0 Å². The molecule has 2 atom stereocenters. The highest BCUT2D eigenvalue weighted by Crippen LogP contribution is 2.27. The lowest BCUT2D eigenvalue weighted by atomic mass is 10.2. The summed E-state index contributed by atoms with van der Waals surface area (Å²) in [6.07, 6.45) is -0.133. The Morgan fingerprint density at radius 1 is 1.37 bits per heavy atom. The molecule has 0 unspecified atom stereocenters. The molecule has 0 bridgehead atoms.